The Morgan fingerprint density at radius 1 is 1.35 bits per heavy atom. The van der Waals surface area contributed by atoms with Gasteiger partial charge in [-0.2, -0.15) is 0 Å². The first-order valence-electron chi connectivity index (χ1n) is 8.58. The molecule has 1 amide bonds. The molecular weight excluding hydrogens is 329 g/mol. The van der Waals surface area contributed by atoms with E-state index in [1.807, 2.05) is 6.07 Å². The van der Waals surface area contributed by atoms with E-state index in [0.29, 0.717) is 27.4 Å². The lowest BCUT2D eigenvalue weighted by Crippen LogP contribution is -2.43. The maximum atomic E-state index is 12.8. The van der Waals surface area contributed by atoms with Gasteiger partial charge in [0, 0.05) is 11.6 Å². The van der Waals surface area contributed by atoms with Crippen molar-refractivity contribution in [1.82, 2.24) is 5.32 Å². The monoisotopic (exact) mass is 353 g/mol. The molecule has 0 spiro atoms. The molecule has 3 unspecified atom stereocenters. The van der Waals surface area contributed by atoms with Gasteiger partial charge in [0.2, 0.25) is 0 Å². The van der Waals surface area contributed by atoms with Gasteiger partial charge in [-0.1, -0.05) is 63.7 Å². The van der Waals surface area contributed by atoms with Gasteiger partial charge in [-0.15, -0.1) is 0 Å². The first-order valence-corrected chi connectivity index (χ1v) is 9.33. The number of carbonyl (C=O) groups excluding carboxylic acids is 1. The van der Waals surface area contributed by atoms with E-state index in [2.05, 4.69) is 33.0 Å². The molecule has 0 saturated heterocycles. The fourth-order valence-electron chi connectivity index (χ4n) is 4.69. The molecule has 1 saturated carbocycles. The second kappa shape index (κ2) is 5.97. The lowest BCUT2D eigenvalue weighted by atomic mass is 9.59. The van der Waals surface area contributed by atoms with Crippen LogP contribution in [0.5, 0.6) is 0 Å². The predicted octanol–water partition coefficient (Wildman–Crippen LogP) is 5.55. The molecule has 0 bridgehead atoms. The fraction of sp³-hybridized carbons (Fsp3) is 0.632. The van der Waals surface area contributed by atoms with Crippen LogP contribution in [-0.2, 0) is 5.41 Å². The highest BCUT2D eigenvalue weighted by Gasteiger charge is 2.46. The van der Waals surface area contributed by atoms with Crippen molar-refractivity contribution in [3.8, 4) is 0 Å². The van der Waals surface area contributed by atoms with E-state index in [1.54, 1.807) is 0 Å². The quantitative estimate of drug-likeness (QED) is 0.703. The highest BCUT2D eigenvalue weighted by Crippen LogP contribution is 2.51. The van der Waals surface area contributed by atoms with Crippen LogP contribution in [0.15, 0.2) is 6.07 Å². The summed E-state index contributed by atoms with van der Waals surface area (Å²) in [6.45, 7) is 9.41. The largest absolute Gasteiger partial charge is 0.352 e. The van der Waals surface area contributed by atoms with Gasteiger partial charge in [-0.05, 0) is 46.8 Å². The maximum Gasteiger partial charge on any atom is 0.253 e. The number of amides is 1. The van der Waals surface area contributed by atoms with Gasteiger partial charge in [0.25, 0.3) is 5.91 Å². The number of hydrogen-bond donors (Lipinski definition) is 1. The van der Waals surface area contributed by atoms with Gasteiger partial charge in [-0.3, -0.25) is 4.79 Å². The molecule has 1 aromatic carbocycles. The second-order valence-electron chi connectivity index (χ2n) is 7.77. The van der Waals surface area contributed by atoms with Crippen LogP contribution in [0.25, 0.3) is 0 Å². The zero-order valence-corrected chi connectivity index (χ0v) is 15.8. The summed E-state index contributed by atoms with van der Waals surface area (Å²) >= 11 is 13.3. The third-order valence-electron chi connectivity index (χ3n) is 6.02. The second-order valence-corrected chi connectivity index (χ2v) is 8.55. The Morgan fingerprint density at radius 3 is 2.70 bits per heavy atom. The van der Waals surface area contributed by atoms with Crippen molar-refractivity contribution in [2.75, 3.05) is 6.54 Å². The van der Waals surface area contributed by atoms with E-state index in [9.17, 15) is 4.79 Å². The summed E-state index contributed by atoms with van der Waals surface area (Å²) in [6, 6.07) is 2.02. The lowest BCUT2D eigenvalue weighted by Gasteiger charge is -2.45. The molecule has 1 aliphatic heterocycles. The lowest BCUT2D eigenvalue weighted by molar-refractivity contribution is 0.0932. The zero-order valence-electron chi connectivity index (χ0n) is 14.3. The number of carbonyl (C=O) groups is 1. The molecule has 1 aliphatic carbocycles. The number of benzene rings is 1. The Bertz CT molecular complexity index is 655. The molecule has 4 heteroatoms. The van der Waals surface area contributed by atoms with Crippen LogP contribution in [0.2, 0.25) is 10.0 Å². The number of rotatable bonds is 1. The molecule has 3 rings (SSSR count). The van der Waals surface area contributed by atoms with Crippen molar-refractivity contribution in [2.45, 2.75) is 58.3 Å². The smallest absolute Gasteiger partial charge is 0.253 e. The van der Waals surface area contributed by atoms with Crippen LogP contribution in [-0.4, -0.2) is 12.5 Å². The standard InChI is InChI=1S/C19H25Cl2NO/c1-10(2)15-14(20)8-12-16(17(15)21)18(23)22-9-13-11(3)6-5-7-19(12,13)4/h8,10-11,13H,5-7,9H2,1-4H3,(H,22,23). The Morgan fingerprint density at radius 2 is 2.04 bits per heavy atom. The number of halogens is 2. The van der Waals surface area contributed by atoms with Crippen LogP contribution in [0.3, 0.4) is 0 Å². The number of fused-ring (bicyclic) bond motifs is 3. The van der Waals surface area contributed by atoms with E-state index < -0.39 is 0 Å². The normalized spacial score (nSPS) is 30.5. The third kappa shape index (κ3) is 2.59. The Kier molecular flexibility index (Phi) is 4.44. The van der Waals surface area contributed by atoms with Crippen LogP contribution < -0.4 is 5.32 Å². The predicted molar refractivity (Wildman–Crippen MR) is 96.7 cm³/mol. The van der Waals surface area contributed by atoms with E-state index in [4.69, 9.17) is 23.2 Å². The topological polar surface area (TPSA) is 29.1 Å². The SMILES string of the molecule is CC(C)c1c(Cl)cc2c(c1Cl)C(=O)NCC1C(C)CCCC21C. The molecular formula is C19H25Cl2NO. The minimum Gasteiger partial charge on any atom is -0.352 e. The fourth-order valence-corrected chi connectivity index (χ4v) is 5.67. The van der Waals surface area contributed by atoms with Crippen molar-refractivity contribution in [1.29, 1.82) is 0 Å². The van der Waals surface area contributed by atoms with Gasteiger partial charge < -0.3 is 5.32 Å². The first kappa shape index (κ1) is 17.1. The molecule has 0 radical (unpaired) electrons. The highest BCUT2D eigenvalue weighted by atomic mass is 35.5. The minimum atomic E-state index is -0.0496. The summed E-state index contributed by atoms with van der Waals surface area (Å²) in [5.74, 6) is 1.15. The maximum absolute atomic E-state index is 12.8. The van der Waals surface area contributed by atoms with Gasteiger partial charge in [0.1, 0.15) is 0 Å². The van der Waals surface area contributed by atoms with Crippen molar-refractivity contribution in [3.63, 3.8) is 0 Å². The molecule has 1 fully saturated rings. The molecule has 3 atom stereocenters. The molecule has 1 N–H and O–H groups in total. The summed E-state index contributed by atoms with van der Waals surface area (Å²) in [5, 5.41) is 4.35. The van der Waals surface area contributed by atoms with Gasteiger partial charge in [0.15, 0.2) is 0 Å². The van der Waals surface area contributed by atoms with Crippen molar-refractivity contribution < 1.29 is 4.79 Å². The minimum absolute atomic E-state index is 0.0467. The number of hydrogen-bond acceptors (Lipinski definition) is 1. The molecule has 126 valence electrons. The van der Waals surface area contributed by atoms with E-state index in [1.165, 1.54) is 12.8 Å². The molecule has 1 heterocycles. The zero-order chi connectivity index (χ0) is 16.9. The summed E-state index contributed by atoms with van der Waals surface area (Å²) in [4.78, 5) is 12.8. The van der Waals surface area contributed by atoms with Crippen LogP contribution in [0.4, 0.5) is 0 Å². The number of nitrogens with one attached hydrogen (secondary N) is 1. The van der Waals surface area contributed by atoms with E-state index in [-0.39, 0.29) is 17.2 Å². The van der Waals surface area contributed by atoms with Crippen molar-refractivity contribution >= 4 is 29.1 Å². The van der Waals surface area contributed by atoms with Gasteiger partial charge >= 0.3 is 0 Å². The Labute approximate surface area is 148 Å². The van der Waals surface area contributed by atoms with Crippen LogP contribution in [0, 0.1) is 11.8 Å². The molecule has 2 aliphatic rings. The van der Waals surface area contributed by atoms with Crippen LogP contribution in [0.1, 0.15) is 74.4 Å². The summed E-state index contributed by atoms with van der Waals surface area (Å²) in [5.41, 5.74) is 2.53. The first-order chi connectivity index (χ1) is 10.8. The summed E-state index contributed by atoms with van der Waals surface area (Å²) < 4.78 is 0. The molecule has 2 nitrogen and oxygen atoms in total. The van der Waals surface area contributed by atoms with Crippen LogP contribution >= 0.6 is 23.2 Å². The van der Waals surface area contributed by atoms with Crippen molar-refractivity contribution in [2.24, 2.45) is 11.8 Å². The average molecular weight is 354 g/mol. The average Bonchev–Trinajstić information content (AvgIpc) is 2.55. The molecule has 1 aromatic rings. The summed E-state index contributed by atoms with van der Waals surface area (Å²) in [7, 11) is 0. The summed E-state index contributed by atoms with van der Waals surface area (Å²) in [6.07, 6.45) is 3.48. The van der Waals surface area contributed by atoms with Gasteiger partial charge in [0.05, 0.1) is 10.6 Å². The molecule has 0 aromatic heterocycles. The Hall–Kier alpha value is -0.730. The Balaban J connectivity index is 2.28. The third-order valence-corrected chi connectivity index (χ3v) is 6.72. The van der Waals surface area contributed by atoms with Crippen molar-refractivity contribution in [3.05, 3.63) is 32.8 Å². The highest BCUT2D eigenvalue weighted by molar-refractivity contribution is 6.38. The molecule has 23 heavy (non-hydrogen) atoms. The van der Waals surface area contributed by atoms with E-state index in [0.717, 1.165) is 24.1 Å². The van der Waals surface area contributed by atoms with Gasteiger partial charge in [-0.25, -0.2) is 0 Å². The van der Waals surface area contributed by atoms with E-state index >= 15 is 0 Å².